The van der Waals surface area contributed by atoms with Gasteiger partial charge in [0.2, 0.25) is 21.8 Å². The van der Waals surface area contributed by atoms with Crippen LogP contribution in [0.15, 0.2) is 23.1 Å². The number of carbonyl (C=O) groups is 2. The third-order valence-electron chi connectivity index (χ3n) is 5.86. The van der Waals surface area contributed by atoms with Crippen LogP contribution in [0.25, 0.3) is 11.0 Å². The van der Waals surface area contributed by atoms with Gasteiger partial charge in [0.15, 0.2) is 0 Å². The molecule has 1 saturated heterocycles. The highest BCUT2D eigenvalue weighted by Gasteiger charge is 2.35. The SMILES string of the molecule is CSCC[C@H](NC(=O)C1CCN(S(=O)(=O)c2cccc3nsnc23)CC1)C(=O)NC1CC1. The van der Waals surface area contributed by atoms with Gasteiger partial charge in [-0.25, -0.2) is 8.42 Å². The van der Waals surface area contributed by atoms with E-state index in [1.165, 1.54) is 4.31 Å². The van der Waals surface area contributed by atoms with Crippen molar-refractivity contribution in [3.63, 3.8) is 0 Å². The van der Waals surface area contributed by atoms with E-state index >= 15 is 0 Å². The molecule has 0 bridgehead atoms. The number of nitrogens with one attached hydrogen (secondary N) is 2. The molecule has 2 heterocycles. The molecule has 0 spiro atoms. The molecule has 2 aromatic rings. The van der Waals surface area contributed by atoms with Gasteiger partial charge in [0.05, 0.1) is 11.7 Å². The minimum absolute atomic E-state index is 0.125. The highest BCUT2D eigenvalue weighted by atomic mass is 32.2. The number of aromatic nitrogens is 2. The molecule has 2 aliphatic rings. The zero-order valence-electron chi connectivity index (χ0n) is 17.8. The molecule has 0 radical (unpaired) electrons. The first kappa shape index (κ1) is 23.4. The van der Waals surface area contributed by atoms with E-state index in [2.05, 4.69) is 19.4 Å². The van der Waals surface area contributed by atoms with Gasteiger partial charge in [-0.2, -0.15) is 24.8 Å². The van der Waals surface area contributed by atoms with Crippen LogP contribution >= 0.6 is 23.5 Å². The lowest BCUT2D eigenvalue weighted by Gasteiger charge is -2.31. The average molecular weight is 498 g/mol. The van der Waals surface area contributed by atoms with Gasteiger partial charge < -0.3 is 10.6 Å². The standard InChI is InChI=1S/C20H27N5O4S3/c1-30-12-9-16(20(27)21-14-5-6-14)22-19(26)13-7-10-25(11-8-13)32(28,29)17-4-2-3-15-18(17)24-31-23-15/h2-4,13-14,16H,5-12H2,1H3,(H,21,27)(H,22,26)/t16-/m0/s1. The normalized spacial score (nSPS) is 19.0. The van der Waals surface area contributed by atoms with E-state index in [9.17, 15) is 18.0 Å². The molecule has 9 nitrogen and oxygen atoms in total. The summed E-state index contributed by atoms with van der Waals surface area (Å²) in [4.78, 5) is 25.5. The van der Waals surface area contributed by atoms with Gasteiger partial charge in [0.25, 0.3) is 0 Å². The summed E-state index contributed by atoms with van der Waals surface area (Å²) in [6.07, 6.45) is 5.35. The van der Waals surface area contributed by atoms with E-state index in [0.717, 1.165) is 30.3 Å². The van der Waals surface area contributed by atoms with Crippen LogP contribution in [0.1, 0.15) is 32.1 Å². The molecule has 32 heavy (non-hydrogen) atoms. The van der Waals surface area contributed by atoms with Crippen LogP contribution < -0.4 is 10.6 Å². The van der Waals surface area contributed by atoms with E-state index < -0.39 is 16.1 Å². The number of amides is 2. The minimum atomic E-state index is -3.72. The van der Waals surface area contributed by atoms with Gasteiger partial charge in [0, 0.05) is 25.0 Å². The molecule has 2 N–H and O–H groups in total. The molecule has 1 aliphatic carbocycles. The molecular formula is C20H27N5O4S3. The Morgan fingerprint density at radius 2 is 1.97 bits per heavy atom. The van der Waals surface area contributed by atoms with E-state index in [-0.39, 0.29) is 41.8 Å². The Kier molecular flexibility index (Phi) is 7.33. The summed E-state index contributed by atoms with van der Waals surface area (Å²) in [5.74, 6) is 0.157. The van der Waals surface area contributed by atoms with E-state index in [1.807, 2.05) is 6.26 Å². The zero-order valence-corrected chi connectivity index (χ0v) is 20.3. The highest BCUT2D eigenvalue weighted by Crippen LogP contribution is 2.28. The first-order chi connectivity index (χ1) is 15.4. The average Bonchev–Trinajstić information content (AvgIpc) is 3.47. The molecule has 1 aromatic carbocycles. The maximum absolute atomic E-state index is 13.2. The van der Waals surface area contributed by atoms with E-state index in [0.29, 0.717) is 30.3 Å². The van der Waals surface area contributed by atoms with Crippen LogP contribution in [0.5, 0.6) is 0 Å². The van der Waals surface area contributed by atoms with Gasteiger partial charge in [-0.15, -0.1) is 0 Å². The summed E-state index contributed by atoms with van der Waals surface area (Å²) in [7, 11) is -3.72. The van der Waals surface area contributed by atoms with Crippen LogP contribution in [-0.2, 0) is 19.6 Å². The quantitative estimate of drug-likeness (QED) is 0.540. The number of thioether (sulfide) groups is 1. The topological polar surface area (TPSA) is 121 Å². The summed E-state index contributed by atoms with van der Waals surface area (Å²) in [6, 6.07) is 4.64. The molecule has 174 valence electrons. The number of hydrogen-bond donors (Lipinski definition) is 2. The molecule has 1 aromatic heterocycles. The van der Waals surface area contributed by atoms with Gasteiger partial charge in [-0.3, -0.25) is 9.59 Å². The fourth-order valence-corrected chi connectivity index (χ4v) is 6.50. The Balaban J connectivity index is 1.37. The molecule has 1 saturated carbocycles. The Bertz CT molecular complexity index is 1080. The van der Waals surface area contributed by atoms with Crippen LogP contribution in [0.4, 0.5) is 0 Å². The maximum atomic E-state index is 13.2. The number of rotatable bonds is 9. The van der Waals surface area contributed by atoms with Gasteiger partial charge in [0.1, 0.15) is 22.0 Å². The second-order valence-corrected chi connectivity index (χ2v) is 11.6. The molecule has 4 rings (SSSR count). The lowest BCUT2D eigenvalue weighted by Crippen LogP contribution is -2.51. The third-order valence-corrected chi connectivity index (χ3v) is 8.98. The molecule has 1 aliphatic heterocycles. The van der Waals surface area contributed by atoms with Crippen LogP contribution in [0, 0.1) is 5.92 Å². The molecular weight excluding hydrogens is 470 g/mol. The van der Waals surface area contributed by atoms with Crippen LogP contribution in [-0.4, -0.2) is 70.5 Å². The second kappa shape index (κ2) is 10.0. The third kappa shape index (κ3) is 5.24. The molecule has 2 fully saturated rings. The summed E-state index contributed by atoms with van der Waals surface area (Å²) in [6.45, 7) is 0.496. The smallest absolute Gasteiger partial charge is 0.245 e. The highest BCUT2D eigenvalue weighted by molar-refractivity contribution is 7.98. The van der Waals surface area contributed by atoms with Crippen molar-refractivity contribution >= 4 is 56.4 Å². The summed E-state index contributed by atoms with van der Waals surface area (Å²) >= 11 is 2.62. The Labute approximate surface area is 196 Å². The molecule has 2 amide bonds. The van der Waals surface area contributed by atoms with E-state index in [4.69, 9.17) is 0 Å². The number of hydrogen-bond acceptors (Lipinski definition) is 8. The number of nitrogens with zero attached hydrogens (tertiary/aromatic N) is 3. The van der Waals surface area contributed by atoms with Crippen molar-refractivity contribution in [2.75, 3.05) is 25.1 Å². The van der Waals surface area contributed by atoms with Crippen molar-refractivity contribution in [1.29, 1.82) is 0 Å². The first-order valence-electron chi connectivity index (χ1n) is 10.7. The lowest BCUT2D eigenvalue weighted by molar-refractivity contribution is -0.132. The summed E-state index contributed by atoms with van der Waals surface area (Å²) in [5.41, 5.74) is 0.946. The largest absolute Gasteiger partial charge is 0.352 e. The number of sulfonamides is 1. The predicted molar refractivity (Wildman–Crippen MR) is 125 cm³/mol. The van der Waals surface area contributed by atoms with Gasteiger partial charge >= 0.3 is 0 Å². The Morgan fingerprint density at radius 3 is 2.66 bits per heavy atom. The number of benzene rings is 1. The van der Waals surface area contributed by atoms with E-state index in [1.54, 1.807) is 30.0 Å². The summed E-state index contributed by atoms with van der Waals surface area (Å²) in [5, 5.41) is 5.88. The fraction of sp³-hybridized carbons (Fsp3) is 0.600. The number of carbonyl (C=O) groups excluding carboxylic acids is 2. The van der Waals surface area contributed by atoms with Gasteiger partial charge in [-0.1, -0.05) is 6.07 Å². The van der Waals surface area contributed by atoms with Crippen LogP contribution in [0.3, 0.4) is 0 Å². The zero-order chi connectivity index (χ0) is 22.7. The van der Waals surface area contributed by atoms with Crippen molar-refractivity contribution < 1.29 is 18.0 Å². The van der Waals surface area contributed by atoms with Crippen molar-refractivity contribution in [3.05, 3.63) is 18.2 Å². The summed E-state index contributed by atoms with van der Waals surface area (Å²) < 4.78 is 36.0. The van der Waals surface area contributed by atoms with Crippen LogP contribution in [0.2, 0.25) is 0 Å². The van der Waals surface area contributed by atoms with Crippen molar-refractivity contribution in [2.45, 2.75) is 49.1 Å². The second-order valence-electron chi connectivity index (χ2n) is 8.19. The Hall–Kier alpha value is -1.76. The molecule has 1 atom stereocenters. The maximum Gasteiger partial charge on any atom is 0.245 e. The number of fused-ring (bicyclic) bond motifs is 1. The number of piperidine rings is 1. The monoisotopic (exact) mass is 497 g/mol. The molecule has 0 unspecified atom stereocenters. The lowest BCUT2D eigenvalue weighted by atomic mass is 9.96. The first-order valence-corrected chi connectivity index (χ1v) is 14.3. The van der Waals surface area contributed by atoms with Crippen molar-refractivity contribution in [3.8, 4) is 0 Å². The van der Waals surface area contributed by atoms with Gasteiger partial charge in [-0.05, 0) is 56.2 Å². The fourth-order valence-electron chi connectivity index (χ4n) is 3.81. The van der Waals surface area contributed by atoms with Crippen molar-refractivity contribution in [2.24, 2.45) is 5.92 Å². The minimum Gasteiger partial charge on any atom is -0.352 e. The Morgan fingerprint density at radius 1 is 1.22 bits per heavy atom. The molecule has 12 heteroatoms. The predicted octanol–water partition coefficient (Wildman–Crippen LogP) is 1.61. The van der Waals surface area contributed by atoms with Crippen molar-refractivity contribution in [1.82, 2.24) is 23.7 Å².